The van der Waals surface area contributed by atoms with Crippen LogP contribution in [0.25, 0.3) is 11.3 Å². The molecule has 0 saturated carbocycles. The Hall–Kier alpha value is -3.08. The molecule has 1 N–H and O–H groups in total. The lowest BCUT2D eigenvalue weighted by Gasteiger charge is -2.10. The first-order valence-electron chi connectivity index (χ1n) is 7.18. The quantitative estimate of drug-likeness (QED) is 0.785. The van der Waals surface area contributed by atoms with Crippen molar-refractivity contribution in [1.29, 1.82) is 0 Å². The van der Waals surface area contributed by atoms with Crippen LogP contribution in [0, 0.1) is 0 Å². The highest BCUT2D eigenvalue weighted by atomic mass is 16.5. The SMILES string of the molecule is Cn1nc(-c2ccccc2OCc2ccccc2)cc1C(=O)O. The molecule has 3 rings (SSSR count). The summed E-state index contributed by atoms with van der Waals surface area (Å²) >= 11 is 0. The molecule has 1 heterocycles. The number of carbonyl (C=O) groups is 1. The van der Waals surface area contributed by atoms with Crippen LogP contribution in [0.15, 0.2) is 60.7 Å². The normalized spacial score (nSPS) is 10.5. The molecule has 5 nitrogen and oxygen atoms in total. The first-order valence-corrected chi connectivity index (χ1v) is 7.18. The lowest BCUT2D eigenvalue weighted by Crippen LogP contribution is -2.04. The minimum absolute atomic E-state index is 0.137. The maximum atomic E-state index is 11.2. The topological polar surface area (TPSA) is 64.4 Å². The molecular weight excluding hydrogens is 292 g/mol. The number of aryl methyl sites for hydroxylation is 1. The molecule has 0 aliphatic rings. The van der Waals surface area contributed by atoms with Gasteiger partial charge in [0.1, 0.15) is 18.1 Å². The molecule has 1 aromatic heterocycles. The number of para-hydroxylation sites is 1. The van der Waals surface area contributed by atoms with Gasteiger partial charge in [0.05, 0.1) is 5.69 Å². The highest BCUT2D eigenvalue weighted by molar-refractivity contribution is 5.87. The molecule has 0 saturated heterocycles. The molecule has 0 fully saturated rings. The second kappa shape index (κ2) is 6.36. The number of aromatic carboxylic acids is 1. The summed E-state index contributed by atoms with van der Waals surface area (Å²) in [6.07, 6.45) is 0. The summed E-state index contributed by atoms with van der Waals surface area (Å²) in [6.45, 7) is 0.441. The summed E-state index contributed by atoms with van der Waals surface area (Å²) in [7, 11) is 1.61. The summed E-state index contributed by atoms with van der Waals surface area (Å²) in [4.78, 5) is 11.2. The van der Waals surface area contributed by atoms with Crippen LogP contribution in [-0.2, 0) is 13.7 Å². The van der Waals surface area contributed by atoms with E-state index in [1.165, 1.54) is 4.68 Å². The van der Waals surface area contributed by atoms with E-state index in [4.69, 9.17) is 9.84 Å². The van der Waals surface area contributed by atoms with Gasteiger partial charge in [-0.2, -0.15) is 5.10 Å². The molecule has 0 atom stereocenters. The van der Waals surface area contributed by atoms with E-state index in [0.717, 1.165) is 11.1 Å². The molecule has 5 heteroatoms. The van der Waals surface area contributed by atoms with Crippen molar-refractivity contribution in [3.63, 3.8) is 0 Å². The third-order valence-corrected chi connectivity index (χ3v) is 3.50. The van der Waals surface area contributed by atoms with Gasteiger partial charge in [0.2, 0.25) is 0 Å². The fourth-order valence-electron chi connectivity index (χ4n) is 2.34. The summed E-state index contributed by atoms with van der Waals surface area (Å²) in [5, 5.41) is 13.4. The van der Waals surface area contributed by atoms with Crippen molar-refractivity contribution in [3.8, 4) is 17.0 Å². The smallest absolute Gasteiger partial charge is 0.354 e. The molecular formula is C18H16N2O3. The molecule has 0 spiro atoms. The van der Waals surface area contributed by atoms with Crippen molar-refractivity contribution in [1.82, 2.24) is 9.78 Å². The van der Waals surface area contributed by atoms with Crippen LogP contribution in [-0.4, -0.2) is 20.9 Å². The largest absolute Gasteiger partial charge is 0.488 e. The summed E-state index contributed by atoms with van der Waals surface area (Å²) < 4.78 is 7.24. The van der Waals surface area contributed by atoms with Crippen molar-refractivity contribution in [3.05, 3.63) is 71.9 Å². The number of hydrogen-bond acceptors (Lipinski definition) is 3. The number of carboxylic acids is 1. The number of benzene rings is 2. The van der Waals surface area contributed by atoms with E-state index >= 15 is 0 Å². The van der Waals surface area contributed by atoms with Gasteiger partial charge in [-0.1, -0.05) is 42.5 Å². The van der Waals surface area contributed by atoms with Crippen LogP contribution in [0.5, 0.6) is 5.75 Å². The molecule has 0 radical (unpaired) electrons. The Kier molecular flexibility index (Phi) is 4.10. The molecule has 0 unspecified atom stereocenters. The number of nitrogens with zero attached hydrogens (tertiary/aromatic N) is 2. The Balaban J connectivity index is 1.89. The second-order valence-electron chi connectivity index (χ2n) is 5.11. The van der Waals surface area contributed by atoms with Crippen molar-refractivity contribution in [2.24, 2.45) is 7.05 Å². The van der Waals surface area contributed by atoms with E-state index < -0.39 is 5.97 Å². The molecule has 0 bridgehead atoms. The average Bonchev–Trinajstić information content (AvgIpc) is 2.96. The van der Waals surface area contributed by atoms with Crippen molar-refractivity contribution in [2.45, 2.75) is 6.61 Å². The Morgan fingerprint density at radius 1 is 1.13 bits per heavy atom. The van der Waals surface area contributed by atoms with E-state index in [1.807, 2.05) is 54.6 Å². The van der Waals surface area contributed by atoms with E-state index in [-0.39, 0.29) is 5.69 Å². The number of carboxylic acid groups (broad SMARTS) is 1. The second-order valence-corrected chi connectivity index (χ2v) is 5.11. The number of rotatable bonds is 5. The van der Waals surface area contributed by atoms with Crippen LogP contribution >= 0.6 is 0 Å². The molecule has 116 valence electrons. The lowest BCUT2D eigenvalue weighted by molar-refractivity contribution is 0.0685. The highest BCUT2D eigenvalue weighted by Crippen LogP contribution is 2.29. The zero-order valence-corrected chi connectivity index (χ0v) is 12.6. The molecule has 0 amide bonds. The third kappa shape index (κ3) is 3.23. The average molecular weight is 308 g/mol. The van der Waals surface area contributed by atoms with Gasteiger partial charge in [0.25, 0.3) is 0 Å². The van der Waals surface area contributed by atoms with Crippen LogP contribution in [0.3, 0.4) is 0 Å². The van der Waals surface area contributed by atoms with Crippen LogP contribution < -0.4 is 4.74 Å². The standard InChI is InChI=1S/C18H16N2O3/c1-20-16(18(21)22)11-15(19-20)14-9-5-6-10-17(14)23-12-13-7-3-2-4-8-13/h2-11H,12H2,1H3,(H,21,22). The van der Waals surface area contributed by atoms with Gasteiger partial charge >= 0.3 is 5.97 Å². The molecule has 23 heavy (non-hydrogen) atoms. The van der Waals surface area contributed by atoms with Gasteiger partial charge in [-0.05, 0) is 23.8 Å². The fourth-order valence-corrected chi connectivity index (χ4v) is 2.34. The zero-order valence-electron chi connectivity index (χ0n) is 12.6. The molecule has 3 aromatic rings. The van der Waals surface area contributed by atoms with Gasteiger partial charge in [-0.3, -0.25) is 4.68 Å². The first kappa shape index (κ1) is 14.8. The lowest BCUT2D eigenvalue weighted by atomic mass is 10.1. The summed E-state index contributed by atoms with van der Waals surface area (Å²) in [5.41, 5.74) is 2.55. The van der Waals surface area contributed by atoms with Gasteiger partial charge in [-0.25, -0.2) is 4.79 Å². The zero-order chi connectivity index (χ0) is 16.2. The van der Waals surface area contributed by atoms with E-state index in [0.29, 0.717) is 18.1 Å². The highest BCUT2D eigenvalue weighted by Gasteiger charge is 2.15. The van der Waals surface area contributed by atoms with Gasteiger partial charge in [0, 0.05) is 12.6 Å². The van der Waals surface area contributed by atoms with Gasteiger partial charge in [-0.15, -0.1) is 0 Å². The monoisotopic (exact) mass is 308 g/mol. The number of hydrogen-bond donors (Lipinski definition) is 1. The third-order valence-electron chi connectivity index (χ3n) is 3.50. The Bertz CT molecular complexity index is 825. The van der Waals surface area contributed by atoms with Crippen molar-refractivity contribution in [2.75, 3.05) is 0 Å². The summed E-state index contributed by atoms with van der Waals surface area (Å²) in [5.74, 6) is -0.333. The van der Waals surface area contributed by atoms with E-state index in [1.54, 1.807) is 13.1 Å². The predicted octanol–water partition coefficient (Wildman–Crippen LogP) is 3.36. The molecule has 0 aliphatic carbocycles. The maximum absolute atomic E-state index is 11.2. The van der Waals surface area contributed by atoms with E-state index in [2.05, 4.69) is 5.10 Å². The van der Waals surface area contributed by atoms with Crippen LogP contribution in [0.2, 0.25) is 0 Å². The summed E-state index contributed by atoms with van der Waals surface area (Å²) in [6, 6.07) is 18.9. The number of aromatic nitrogens is 2. The van der Waals surface area contributed by atoms with Crippen LogP contribution in [0.1, 0.15) is 16.1 Å². The first-order chi connectivity index (χ1) is 11.1. The Labute approximate surface area is 133 Å². The van der Waals surface area contributed by atoms with Gasteiger partial charge < -0.3 is 9.84 Å². The molecule has 2 aromatic carbocycles. The Morgan fingerprint density at radius 3 is 2.52 bits per heavy atom. The molecule has 0 aliphatic heterocycles. The number of ether oxygens (including phenoxy) is 1. The van der Waals surface area contributed by atoms with E-state index in [9.17, 15) is 4.79 Å². The van der Waals surface area contributed by atoms with Crippen LogP contribution in [0.4, 0.5) is 0 Å². The minimum atomic E-state index is -1.01. The predicted molar refractivity (Wildman–Crippen MR) is 86.4 cm³/mol. The van der Waals surface area contributed by atoms with Crippen molar-refractivity contribution < 1.29 is 14.6 Å². The maximum Gasteiger partial charge on any atom is 0.354 e. The Morgan fingerprint density at radius 2 is 1.83 bits per heavy atom. The fraction of sp³-hybridized carbons (Fsp3) is 0.111. The van der Waals surface area contributed by atoms with Gasteiger partial charge in [0.15, 0.2) is 0 Å². The van der Waals surface area contributed by atoms with Crippen molar-refractivity contribution >= 4 is 5.97 Å². The minimum Gasteiger partial charge on any atom is -0.488 e.